The molecule has 1 amide bonds. The summed E-state index contributed by atoms with van der Waals surface area (Å²) >= 11 is 0. The van der Waals surface area contributed by atoms with E-state index in [1.54, 1.807) is 6.20 Å². The molecule has 0 bridgehead atoms. The highest BCUT2D eigenvalue weighted by Gasteiger charge is 2.26. The fourth-order valence-electron chi connectivity index (χ4n) is 5.58. The van der Waals surface area contributed by atoms with Crippen LogP contribution in [0.1, 0.15) is 70.9 Å². The molecule has 1 aliphatic rings. The van der Waals surface area contributed by atoms with Crippen LogP contribution in [0.5, 0.6) is 0 Å². The van der Waals surface area contributed by atoms with Crippen LogP contribution < -0.4 is 5.73 Å². The third-order valence-electron chi connectivity index (χ3n) is 7.05. The van der Waals surface area contributed by atoms with Gasteiger partial charge in [0.2, 0.25) is 0 Å². The summed E-state index contributed by atoms with van der Waals surface area (Å²) in [5, 5.41) is 0.992. The van der Waals surface area contributed by atoms with Gasteiger partial charge in [-0.2, -0.15) is 0 Å². The van der Waals surface area contributed by atoms with Crippen molar-refractivity contribution in [3.8, 4) is 0 Å². The lowest BCUT2D eigenvalue weighted by Crippen LogP contribution is -2.18. The first-order valence-corrected chi connectivity index (χ1v) is 12.6. The molecule has 0 unspecified atom stereocenters. The van der Waals surface area contributed by atoms with Crippen LogP contribution in [0, 0.1) is 0 Å². The Labute approximate surface area is 207 Å². The van der Waals surface area contributed by atoms with Crippen molar-refractivity contribution in [3.05, 3.63) is 101 Å². The van der Waals surface area contributed by atoms with E-state index in [1.165, 1.54) is 24.0 Å². The number of rotatable bonds is 8. The van der Waals surface area contributed by atoms with Crippen LogP contribution in [0.25, 0.3) is 10.9 Å². The van der Waals surface area contributed by atoms with Crippen molar-refractivity contribution in [2.75, 3.05) is 13.1 Å². The zero-order chi connectivity index (χ0) is 24.4. The summed E-state index contributed by atoms with van der Waals surface area (Å²) in [4.78, 5) is 19.8. The van der Waals surface area contributed by atoms with Crippen LogP contribution in [-0.4, -0.2) is 33.4 Å². The maximum Gasteiger partial charge on any atom is 0.251 e. The van der Waals surface area contributed by atoms with Crippen LogP contribution in [0.2, 0.25) is 0 Å². The number of benzene rings is 2. The van der Waals surface area contributed by atoms with Gasteiger partial charge in [0.1, 0.15) is 0 Å². The third kappa shape index (κ3) is 4.87. The first-order valence-electron chi connectivity index (χ1n) is 12.6. The van der Waals surface area contributed by atoms with Crippen LogP contribution in [0.15, 0.2) is 67.0 Å². The Hall–Kier alpha value is -3.44. The Morgan fingerprint density at radius 2 is 1.71 bits per heavy atom. The second kappa shape index (κ2) is 10.0. The van der Waals surface area contributed by atoms with E-state index in [1.807, 2.05) is 18.3 Å². The number of amides is 1. The molecule has 0 spiro atoms. The van der Waals surface area contributed by atoms with Gasteiger partial charge in [0.15, 0.2) is 0 Å². The molecule has 5 heteroatoms. The fraction of sp³-hybridized carbons (Fsp3) is 0.333. The lowest BCUT2D eigenvalue weighted by Gasteiger charge is -2.17. The summed E-state index contributed by atoms with van der Waals surface area (Å²) in [5.74, 6) is -0.202. The SMILES string of the molecule is CC(C)c1c(C(N)=O)c2c(Cc3cccnc3)cc(CN3CCCC3)cc2n1Cc1ccccc1. The zero-order valence-electron chi connectivity index (χ0n) is 20.7. The number of aromatic nitrogens is 2. The van der Waals surface area contributed by atoms with Crippen LogP contribution >= 0.6 is 0 Å². The van der Waals surface area contributed by atoms with Gasteiger partial charge in [0.05, 0.1) is 5.56 Å². The predicted octanol–water partition coefficient (Wildman–Crippen LogP) is 5.49. The number of carbonyl (C=O) groups excluding carboxylic acids is 1. The molecular weight excluding hydrogens is 432 g/mol. The standard InChI is InChI=1S/C30H34N4O/c1-21(2)29-28(30(31)35)27-25(15-23-11-8-12-32-18-23)16-24(19-33-13-6-7-14-33)17-26(27)34(29)20-22-9-4-3-5-10-22/h3-5,8-12,16-18,21H,6-7,13-15,19-20H2,1-2H3,(H2,31,35). The van der Waals surface area contributed by atoms with Crippen molar-refractivity contribution in [1.82, 2.24) is 14.5 Å². The smallest absolute Gasteiger partial charge is 0.251 e. The number of hydrogen-bond donors (Lipinski definition) is 1. The number of pyridine rings is 1. The molecule has 1 aliphatic heterocycles. The van der Waals surface area contributed by atoms with Crippen molar-refractivity contribution < 1.29 is 4.79 Å². The minimum atomic E-state index is -0.356. The summed E-state index contributed by atoms with van der Waals surface area (Å²) in [6, 6.07) is 19.1. The number of hydrogen-bond acceptors (Lipinski definition) is 3. The van der Waals surface area contributed by atoms with E-state index in [4.69, 9.17) is 5.73 Å². The first-order chi connectivity index (χ1) is 17.0. The van der Waals surface area contributed by atoms with E-state index in [0.717, 1.165) is 47.4 Å². The van der Waals surface area contributed by atoms with E-state index < -0.39 is 0 Å². The number of primary amides is 1. The molecule has 35 heavy (non-hydrogen) atoms. The van der Waals surface area contributed by atoms with Gasteiger partial charge in [-0.3, -0.25) is 14.7 Å². The van der Waals surface area contributed by atoms with Gasteiger partial charge in [0.25, 0.3) is 5.91 Å². The molecule has 5 nitrogen and oxygen atoms in total. The molecule has 0 atom stereocenters. The van der Waals surface area contributed by atoms with E-state index in [2.05, 4.69) is 70.8 Å². The van der Waals surface area contributed by atoms with Crippen molar-refractivity contribution >= 4 is 16.8 Å². The summed E-state index contributed by atoms with van der Waals surface area (Å²) in [6.07, 6.45) is 6.94. The van der Waals surface area contributed by atoms with Gasteiger partial charge in [-0.15, -0.1) is 0 Å². The molecule has 2 aromatic heterocycles. The highest BCUT2D eigenvalue weighted by molar-refractivity contribution is 6.09. The van der Waals surface area contributed by atoms with Gasteiger partial charge in [-0.25, -0.2) is 0 Å². The van der Waals surface area contributed by atoms with Gasteiger partial charge in [0, 0.05) is 42.1 Å². The summed E-state index contributed by atoms with van der Waals surface area (Å²) in [6.45, 7) is 8.21. The molecular formula is C30H34N4O. The van der Waals surface area contributed by atoms with Gasteiger partial charge >= 0.3 is 0 Å². The average Bonchev–Trinajstić information content (AvgIpc) is 3.47. The maximum absolute atomic E-state index is 13.0. The number of likely N-dealkylation sites (tertiary alicyclic amines) is 1. The van der Waals surface area contributed by atoms with E-state index >= 15 is 0 Å². The van der Waals surface area contributed by atoms with Crippen molar-refractivity contribution in [2.45, 2.75) is 52.1 Å². The molecule has 0 radical (unpaired) electrons. The van der Waals surface area contributed by atoms with E-state index in [9.17, 15) is 4.79 Å². The monoisotopic (exact) mass is 466 g/mol. The Kier molecular flexibility index (Phi) is 6.69. The van der Waals surface area contributed by atoms with Gasteiger partial charge < -0.3 is 10.3 Å². The molecule has 5 rings (SSSR count). The second-order valence-electron chi connectivity index (χ2n) is 10.0. The highest BCUT2D eigenvalue weighted by atomic mass is 16.1. The molecule has 0 saturated carbocycles. The Bertz CT molecular complexity index is 1320. The molecule has 0 aliphatic carbocycles. The predicted molar refractivity (Wildman–Crippen MR) is 142 cm³/mol. The molecule has 2 aromatic carbocycles. The molecule has 4 aromatic rings. The minimum absolute atomic E-state index is 0.155. The average molecular weight is 467 g/mol. The van der Waals surface area contributed by atoms with Crippen LogP contribution in [-0.2, 0) is 19.5 Å². The lowest BCUT2D eigenvalue weighted by molar-refractivity contribution is 0.1000. The topological polar surface area (TPSA) is 64.2 Å². The quantitative estimate of drug-likeness (QED) is 0.373. The Morgan fingerprint density at radius 3 is 2.37 bits per heavy atom. The van der Waals surface area contributed by atoms with Crippen LogP contribution in [0.4, 0.5) is 0 Å². The highest BCUT2D eigenvalue weighted by Crippen LogP contribution is 2.36. The fourth-order valence-corrected chi connectivity index (χ4v) is 5.58. The summed E-state index contributed by atoms with van der Waals surface area (Å²) < 4.78 is 2.33. The minimum Gasteiger partial charge on any atom is -0.366 e. The molecule has 180 valence electrons. The number of fused-ring (bicyclic) bond motifs is 1. The summed E-state index contributed by atoms with van der Waals surface area (Å²) in [5.41, 5.74) is 13.6. The van der Waals surface area contributed by atoms with E-state index in [0.29, 0.717) is 18.5 Å². The second-order valence-corrected chi connectivity index (χ2v) is 10.0. The van der Waals surface area contributed by atoms with E-state index in [-0.39, 0.29) is 11.8 Å². The summed E-state index contributed by atoms with van der Waals surface area (Å²) in [7, 11) is 0. The normalized spacial score (nSPS) is 14.3. The lowest BCUT2D eigenvalue weighted by atomic mass is 9.95. The number of carbonyl (C=O) groups is 1. The largest absolute Gasteiger partial charge is 0.366 e. The van der Waals surface area contributed by atoms with Crippen LogP contribution in [0.3, 0.4) is 0 Å². The molecule has 1 fully saturated rings. The maximum atomic E-state index is 13.0. The molecule has 2 N–H and O–H groups in total. The number of nitrogens with two attached hydrogens (primary N) is 1. The Balaban J connectivity index is 1.75. The number of nitrogens with zero attached hydrogens (tertiary/aromatic N) is 3. The van der Waals surface area contributed by atoms with Crippen molar-refractivity contribution in [1.29, 1.82) is 0 Å². The Morgan fingerprint density at radius 1 is 0.971 bits per heavy atom. The first kappa shape index (κ1) is 23.3. The van der Waals surface area contributed by atoms with Crippen molar-refractivity contribution in [3.63, 3.8) is 0 Å². The molecule has 1 saturated heterocycles. The third-order valence-corrected chi connectivity index (χ3v) is 7.05. The van der Waals surface area contributed by atoms with Gasteiger partial charge in [-0.1, -0.05) is 56.3 Å². The molecule has 3 heterocycles. The van der Waals surface area contributed by atoms with Crippen molar-refractivity contribution in [2.24, 2.45) is 5.73 Å². The zero-order valence-corrected chi connectivity index (χ0v) is 20.7. The van der Waals surface area contributed by atoms with Gasteiger partial charge in [-0.05, 0) is 72.7 Å².